The molecule has 0 amide bonds. The number of benzene rings is 1. The third kappa shape index (κ3) is 2.79. The lowest BCUT2D eigenvalue weighted by atomic mass is 10.2. The summed E-state index contributed by atoms with van der Waals surface area (Å²) in [6, 6.07) is 1.74. The van der Waals surface area contributed by atoms with Gasteiger partial charge in [0.15, 0.2) is 11.6 Å². The maximum Gasteiger partial charge on any atom is 0.339 e. The molecule has 8 heteroatoms. The molecule has 1 N–H and O–H groups in total. The quantitative estimate of drug-likeness (QED) is 0.924. The summed E-state index contributed by atoms with van der Waals surface area (Å²) in [5.41, 5.74) is 0.235. The standard InChI is InChI=1S/C12H9BrF2N2O3/c1-17-10(7(4-16-17)12(18)19)5-20-11-8(13)2-6(14)3-9(11)15/h2-4H,5H2,1H3,(H,18,19). The van der Waals surface area contributed by atoms with Gasteiger partial charge < -0.3 is 9.84 Å². The van der Waals surface area contributed by atoms with E-state index in [4.69, 9.17) is 9.84 Å². The zero-order valence-corrected chi connectivity index (χ0v) is 11.8. The number of rotatable bonds is 4. The average Bonchev–Trinajstić information content (AvgIpc) is 2.69. The Morgan fingerprint density at radius 2 is 2.20 bits per heavy atom. The maximum atomic E-state index is 13.6. The number of hydrogen-bond donors (Lipinski definition) is 1. The molecule has 0 aliphatic rings. The number of aromatic carboxylic acids is 1. The molecule has 0 saturated carbocycles. The van der Waals surface area contributed by atoms with Gasteiger partial charge in [-0.05, 0) is 22.0 Å². The van der Waals surface area contributed by atoms with Crippen molar-refractivity contribution in [3.8, 4) is 5.75 Å². The van der Waals surface area contributed by atoms with Crippen LogP contribution in [0.15, 0.2) is 22.8 Å². The van der Waals surface area contributed by atoms with Gasteiger partial charge in [0.1, 0.15) is 18.0 Å². The van der Waals surface area contributed by atoms with Gasteiger partial charge in [0.05, 0.1) is 16.4 Å². The first-order chi connectivity index (χ1) is 9.40. The van der Waals surface area contributed by atoms with Crippen LogP contribution in [-0.2, 0) is 13.7 Å². The Morgan fingerprint density at radius 1 is 1.50 bits per heavy atom. The molecular formula is C12H9BrF2N2O3. The highest BCUT2D eigenvalue weighted by atomic mass is 79.9. The number of nitrogens with zero attached hydrogens (tertiary/aromatic N) is 2. The van der Waals surface area contributed by atoms with Crippen molar-refractivity contribution >= 4 is 21.9 Å². The molecule has 1 heterocycles. The number of halogens is 3. The Labute approximate surface area is 120 Å². The molecule has 20 heavy (non-hydrogen) atoms. The first-order valence-corrected chi connectivity index (χ1v) is 6.21. The van der Waals surface area contributed by atoms with Crippen molar-refractivity contribution in [1.82, 2.24) is 9.78 Å². The Balaban J connectivity index is 2.26. The molecule has 0 bridgehead atoms. The van der Waals surface area contributed by atoms with Gasteiger partial charge in [0.2, 0.25) is 0 Å². The van der Waals surface area contributed by atoms with E-state index in [0.29, 0.717) is 6.07 Å². The predicted octanol–water partition coefficient (Wildman–Crippen LogP) is 2.74. The van der Waals surface area contributed by atoms with Gasteiger partial charge in [-0.15, -0.1) is 0 Å². The average molecular weight is 347 g/mol. The molecule has 1 aromatic carbocycles. The van der Waals surface area contributed by atoms with Crippen LogP contribution in [0, 0.1) is 11.6 Å². The number of aryl methyl sites for hydroxylation is 1. The van der Waals surface area contributed by atoms with Gasteiger partial charge in [-0.2, -0.15) is 5.10 Å². The number of aromatic nitrogens is 2. The van der Waals surface area contributed by atoms with Gasteiger partial charge in [-0.1, -0.05) is 0 Å². The summed E-state index contributed by atoms with van der Waals surface area (Å²) in [4.78, 5) is 11.0. The summed E-state index contributed by atoms with van der Waals surface area (Å²) in [7, 11) is 1.54. The minimum Gasteiger partial charge on any atom is -0.483 e. The van der Waals surface area contributed by atoms with E-state index >= 15 is 0 Å². The van der Waals surface area contributed by atoms with Crippen LogP contribution in [0.1, 0.15) is 16.1 Å². The van der Waals surface area contributed by atoms with Gasteiger partial charge in [0.25, 0.3) is 0 Å². The zero-order chi connectivity index (χ0) is 14.9. The second kappa shape index (κ2) is 5.58. The Hall–Kier alpha value is -1.96. The molecule has 1 aromatic heterocycles. The number of hydrogen-bond acceptors (Lipinski definition) is 3. The van der Waals surface area contributed by atoms with E-state index in [9.17, 15) is 13.6 Å². The van der Waals surface area contributed by atoms with Crippen molar-refractivity contribution in [3.05, 3.63) is 45.7 Å². The second-order valence-electron chi connectivity index (χ2n) is 3.92. The molecule has 106 valence electrons. The van der Waals surface area contributed by atoms with Crippen molar-refractivity contribution in [3.63, 3.8) is 0 Å². The highest BCUT2D eigenvalue weighted by Crippen LogP contribution is 2.30. The van der Waals surface area contributed by atoms with Gasteiger partial charge in [-0.3, -0.25) is 4.68 Å². The van der Waals surface area contributed by atoms with E-state index in [1.165, 1.54) is 10.9 Å². The Morgan fingerprint density at radius 3 is 2.80 bits per heavy atom. The van der Waals surface area contributed by atoms with E-state index in [1.54, 1.807) is 7.05 Å². The van der Waals surface area contributed by atoms with Crippen LogP contribution in [0.5, 0.6) is 5.75 Å². The van der Waals surface area contributed by atoms with Gasteiger partial charge >= 0.3 is 5.97 Å². The van der Waals surface area contributed by atoms with Crippen molar-refractivity contribution in [1.29, 1.82) is 0 Å². The fourth-order valence-electron chi connectivity index (χ4n) is 1.62. The Kier molecular flexibility index (Phi) is 4.03. The van der Waals surface area contributed by atoms with E-state index in [1.807, 2.05) is 0 Å². The SMILES string of the molecule is Cn1ncc(C(=O)O)c1COc1c(F)cc(F)cc1Br. The van der Waals surface area contributed by atoms with E-state index in [-0.39, 0.29) is 28.1 Å². The first-order valence-electron chi connectivity index (χ1n) is 5.41. The zero-order valence-electron chi connectivity index (χ0n) is 10.2. The molecule has 0 radical (unpaired) electrons. The molecule has 0 atom stereocenters. The van der Waals surface area contributed by atoms with Crippen LogP contribution >= 0.6 is 15.9 Å². The number of carboxylic acids is 1. The fourth-order valence-corrected chi connectivity index (χ4v) is 2.14. The number of carbonyl (C=O) groups is 1. The molecule has 2 rings (SSSR count). The normalized spacial score (nSPS) is 10.6. The second-order valence-corrected chi connectivity index (χ2v) is 4.78. The lowest BCUT2D eigenvalue weighted by Gasteiger charge is -2.10. The smallest absolute Gasteiger partial charge is 0.339 e. The van der Waals surface area contributed by atoms with Crippen LogP contribution in [0.4, 0.5) is 8.78 Å². The largest absolute Gasteiger partial charge is 0.483 e. The molecule has 0 unspecified atom stereocenters. The highest BCUT2D eigenvalue weighted by molar-refractivity contribution is 9.10. The topological polar surface area (TPSA) is 64.4 Å². The molecule has 0 spiro atoms. The molecule has 0 fully saturated rings. The van der Waals surface area contributed by atoms with Crippen molar-refractivity contribution in [2.75, 3.05) is 0 Å². The predicted molar refractivity (Wildman–Crippen MR) is 68.6 cm³/mol. The number of ether oxygens (including phenoxy) is 1. The number of carboxylic acid groups (broad SMARTS) is 1. The van der Waals surface area contributed by atoms with Crippen molar-refractivity contribution in [2.24, 2.45) is 7.05 Å². The highest BCUT2D eigenvalue weighted by Gasteiger charge is 2.17. The first kappa shape index (κ1) is 14.4. The van der Waals surface area contributed by atoms with Crippen LogP contribution in [0.25, 0.3) is 0 Å². The summed E-state index contributed by atoms with van der Waals surface area (Å²) in [5.74, 6) is -2.97. The summed E-state index contributed by atoms with van der Waals surface area (Å²) in [6.45, 7) is -0.209. The summed E-state index contributed by atoms with van der Waals surface area (Å²) in [5, 5.41) is 12.8. The van der Waals surface area contributed by atoms with Gasteiger partial charge in [-0.25, -0.2) is 13.6 Å². The van der Waals surface area contributed by atoms with Gasteiger partial charge in [0, 0.05) is 13.1 Å². The fraction of sp³-hybridized carbons (Fsp3) is 0.167. The van der Waals surface area contributed by atoms with E-state index < -0.39 is 17.6 Å². The molecule has 5 nitrogen and oxygen atoms in total. The van der Waals surface area contributed by atoms with Crippen LogP contribution < -0.4 is 4.74 Å². The third-order valence-electron chi connectivity index (χ3n) is 2.61. The summed E-state index contributed by atoms with van der Waals surface area (Å²) in [6.07, 6.45) is 1.18. The minimum atomic E-state index is -1.16. The summed E-state index contributed by atoms with van der Waals surface area (Å²) < 4.78 is 33.2. The summed E-state index contributed by atoms with van der Waals surface area (Å²) >= 11 is 2.98. The van der Waals surface area contributed by atoms with E-state index in [0.717, 1.165) is 6.07 Å². The maximum absolute atomic E-state index is 13.6. The third-order valence-corrected chi connectivity index (χ3v) is 3.20. The van der Waals surface area contributed by atoms with Crippen LogP contribution in [-0.4, -0.2) is 20.9 Å². The molecule has 0 saturated heterocycles. The minimum absolute atomic E-state index is 0.0360. The molecular weight excluding hydrogens is 338 g/mol. The molecule has 2 aromatic rings. The van der Waals surface area contributed by atoms with Crippen LogP contribution in [0.3, 0.4) is 0 Å². The van der Waals surface area contributed by atoms with Crippen molar-refractivity contribution < 1.29 is 23.4 Å². The lowest BCUT2D eigenvalue weighted by molar-refractivity contribution is 0.0693. The Bertz CT molecular complexity index is 650. The van der Waals surface area contributed by atoms with Crippen LogP contribution in [0.2, 0.25) is 0 Å². The van der Waals surface area contributed by atoms with E-state index in [2.05, 4.69) is 21.0 Å². The molecule has 0 aliphatic heterocycles. The van der Waals surface area contributed by atoms with Crippen molar-refractivity contribution in [2.45, 2.75) is 6.61 Å². The lowest BCUT2D eigenvalue weighted by Crippen LogP contribution is -2.09. The monoisotopic (exact) mass is 346 g/mol. The molecule has 0 aliphatic carbocycles.